The van der Waals surface area contributed by atoms with Gasteiger partial charge in [0.2, 0.25) is 0 Å². The largest absolute Gasteiger partial charge is 0.387 e. The first-order chi connectivity index (χ1) is 12.0. The molecule has 2 radical (unpaired) electrons. The van der Waals surface area contributed by atoms with Gasteiger partial charge in [0.1, 0.15) is 7.85 Å². The minimum atomic E-state index is -0.00261. The van der Waals surface area contributed by atoms with Crippen LogP contribution in [0.4, 0.5) is 0 Å². The third-order valence-electron chi connectivity index (χ3n) is 4.06. The molecule has 0 atom stereocenters. The summed E-state index contributed by atoms with van der Waals surface area (Å²) in [5.41, 5.74) is 5.30. The molecular weight excluding hydrogens is 305 g/mol. The lowest BCUT2D eigenvalue weighted by Crippen LogP contribution is -2.06. The molecule has 0 heterocycles. The number of allylic oxidation sites excluding steroid dienone is 10. The molecule has 3 heteroatoms. The fourth-order valence-corrected chi connectivity index (χ4v) is 2.65. The Bertz CT molecular complexity index is 851. The van der Waals surface area contributed by atoms with Crippen LogP contribution in [0.25, 0.3) is 5.70 Å². The summed E-state index contributed by atoms with van der Waals surface area (Å²) in [7, 11) is 7.85. The van der Waals surface area contributed by atoms with Gasteiger partial charge in [-0.25, -0.2) is 0 Å². The monoisotopic (exact) mass is 327 g/mol. The highest BCUT2D eigenvalue weighted by Gasteiger charge is 2.29. The number of nitrogens with one attached hydrogen (secondary N) is 1. The van der Waals surface area contributed by atoms with Crippen molar-refractivity contribution in [2.45, 2.75) is 13.8 Å². The van der Waals surface area contributed by atoms with E-state index in [0.717, 1.165) is 16.8 Å². The number of carbonyl (C=O) groups is 1. The van der Waals surface area contributed by atoms with E-state index in [4.69, 9.17) is 7.85 Å². The summed E-state index contributed by atoms with van der Waals surface area (Å²) in [6.07, 6.45) is 11.3. The molecule has 1 aliphatic carbocycles. The van der Waals surface area contributed by atoms with Gasteiger partial charge in [0.15, 0.2) is 5.78 Å². The van der Waals surface area contributed by atoms with Crippen molar-refractivity contribution < 1.29 is 4.79 Å². The molecule has 0 bridgehead atoms. The van der Waals surface area contributed by atoms with Gasteiger partial charge in [0.05, 0.1) is 11.3 Å². The number of Topliss-reactive ketones (excluding diaryl/α,β-unsaturated/α-hetero) is 1. The van der Waals surface area contributed by atoms with E-state index in [0.29, 0.717) is 22.2 Å². The van der Waals surface area contributed by atoms with Crippen LogP contribution in [0.15, 0.2) is 89.5 Å². The molecule has 0 saturated heterocycles. The van der Waals surface area contributed by atoms with Crippen molar-refractivity contribution in [3.05, 3.63) is 101 Å². The Morgan fingerprint density at radius 2 is 1.80 bits per heavy atom. The van der Waals surface area contributed by atoms with Gasteiger partial charge in [-0.05, 0) is 19.4 Å². The van der Waals surface area contributed by atoms with Crippen molar-refractivity contribution in [1.82, 2.24) is 5.32 Å². The molecule has 2 nitrogen and oxygen atoms in total. The van der Waals surface area contributed by atoms with Crippen molar-refractivity contribution in [1.29, 1.82) is 0 Å². The number of hydrogen-bond acceptors (Lipinski definition) is 2. The normalized spacial score (nSPS) is 15.4. The maximum atomic E-state index is 12.7. The van der Waals surface area contributed by atoms with E-state index < -0.39 is 0 Å². The van der Waals surface area contributed by atoms with Crippen LogP contribution in [0.1, 0.15) is 29.8 Å². The zero-order chi connectivity index (χ0) is 18.4. The molecule has 25 heavy (non-hydrogen) atoms. The fourth-order valence-electron chi connectivity index (χ4n) is 2.65. The Labute approximate surface area is 151 Å². The molecular formula is C22H22BNO. The zero-order valence-corrected chi connectivity index (χ0v) is 15.0. The average Bonchev–Trinajstić information content (AvgIpc) is 2.91. The zero-order valence-electron chi connectivity index (χ0n) is 15.0. The summed E-state index contributed by atoms with van der Waals surface area (Å²) in [4.78, 5) is 12.7. The number of carbonyl (C=O) groups excluding carboxylic acids is 1. The first kappa shape index (κ1) is 18.5. The third-order valence-corrected chi connectivity index (χ3v) is 4.06. The van der Waals surface area contributed by atoms with Crippen LogP contribution < -0.4 is 5.32 Å². The second-order valence-corrected chi connectivity index (χ2v) is 5.76. The summed E-state index contributed by atoms with van der Waals surface area (Å²) >= 11 is 0. The molecule has 0 amide bonds. The minimum absolute atomic E-state index is 0.00261. The molecule has 0 saturated carbocycles. The minimum Gasteiger partial charge on any atom is -0.387 e. The highest BCUT2D eigenvalue weighted by Crippen LogP contribution is 2.34. The van der Waals surface area contributed by atoms with Gasteiger partial charge in [-0.15, -0.1) is 0 Å². The predicted octanol–water partition coefficient (Wildman–Crippen LogP) is 4.50. The van der Waals surface area contributed by atoms with Crippen molar-refractivity contribution in [2.24, 2.45) is 0 Å². The van der Waals surface area contributed by atoms with Crippen molar-refractivity contribution in [2.75, 3.05) is 7.05 Å². The molecule has 1 aromatic carbocycles. The molecule has 2 rings (SSSR count). The summed E-state index contributed by atoms with van der Waals surface area (Å²) in [6.45, 7) is 7.95. The second-order valence-electron chi connectivity index (χ2n) is 5.76. The smallest absolute Gasteiger partial charge is 0.196 e. The van der Waals surface area contributed by atoms with Crippen LogP contribution in [0.2, 0.25) is 0 Å². The molecule has 0 aromatic heterocycles. The Morgan fingerprint density at radius 1 is 1.12 bits per heavy atom. The molecule has 0 fully saturated rings. The number of benzene rings is 1. The maximum absolute atomic E-state index is 12.7. The van der Waals surface area contributed by atoms with Crippen molar-refractivity contribution in [3.63, 3.8) is 0 Å². The van der Waals surface area contributed by atoms with Gasteiger partial charge in [0, 0.05) is 18.2 Å². The molecule has 1 aromatic rings. The molecule has 0 unspecified atom stereocenters. The first-order valence-electron chi connectivity index (χ1n) is 8.20. The van der Waals surface area contributed by atoms with Gasteiger partial charge in [0.25, 0.3) is 0 Å². The summed E-state index contributed by atoms with van der Waals surface area (Å²) in [5, 5.41) is 3.13. The van der Waals surface area contributed by atoms with Crippen molar-refractivity contribution in [3.8, 4) is 0 Å². The van der Waals surface area contributed by atoms with E-state index in [1.807, 2.05) is 81.6 Å². The molecule has 0 aliphatic heterocycles. The second kappa shape index (κ2) is 8.34. The first-order valence-corrected chi connectivity index (χ1v) is 8.20. The Hall–Kier alpha value is -2.81. The highest BCUT2D eigenvalue weighted by atomic mass is 16.1. The fraction of sp³-hybridized carbons (Fsp3) is 0.136. The van der Waals surface area contributed by atoms with E-state index in [9.17, 15) is 4.79 Å². The molecule has 124 valence electrons. The Kier molecular flexibility index (Phi) is 6.18. The Balaban J connectivity index is 2.29. The number of fused-ring (bicyclic) bond motifs is 1. The van der Waals surface area contributed by atoms with Gasteiger partial charge >= 0.3 is 0 Å². The number of hydrogen-bond donors (Lipinski definition) is 1. The van der Waals surface area contributed by atoms with Crippen LogP contribution in [0.5, 0.6) is 0 Å². The van der Waals surface area contributed by atoms with E-state index in [1.54, 1.807) is 0 Å². The van der Waals surface area contributed by atoms with Crippen LogP contribution in [0, 0.1) is 0 Å². The lowest BCUT2D eigenvalue weighted by Gasteiger charge is -2.07. The van der Waals surface area contributed by atoms with Crippen LogP contribution in [-0.2, 0) is 0 Å². The number of rotatable bonds is 6. The summed E-state index contributed by atoms with van der Waals surface area (Å²) in [6, 6.07) is 7.58. The van der Waals surface area contributed by atoms with Gasteiger partial charge in [-0.2, -0.15) is 0 Å². The highest BCUT2D eigenvalue weighted by molar-refractivity contribution is 6.24. The number of ketones is 1. The third kappa shape index (κ3) is 4.00. The van der Waals surface area contributed by atoms with Crippen LogP contribution >= 0.6 is 0 Å². The molecule has 1 aliphatic rings. The van der Waals surface area contributed by atoms with Crippen LogP contribution in [-0.4, -0.2) is 20.7 Å². The lowest BCUT2D eigenvalue weighted by atomic mass is 9.89. The predicted molar refractivity (Wildman–Crippen MR) is 107 cm³/mol. The Morgan fingerprint density at radius 3 is 2.44 bits per heavy atom. The van der Waals surface area contributed by atoms with E-state index in [2.05, 4.69) is 11.9 Å². The standard InChI is InChI=1S/C22H22BNO/c1-5-6-7-12-19(23)15(2)13-14-16(3)20-21(24-4)17-10-8-9-11-18(17)22(20)25/h5-14,24H,3H2,1-2,4H3/b6-5+,12-7-,14-13-,19-15-. The topological polar surface area (TPSA) is 29.1 Å². The van der Waals surface area contributed by atoms with Crippen molar-refractivity contribution >= 4 is 19.3 Å². The van der Waals surface area contributed by atoms with Gasteiger partial charge in [-0.3, -0.25) is 4.79 Å². The quantitative estimate of drug-likeness (QED) is 0.616. The molecule has 1 N–H and O–H groups in total. The molecule has 0 spiro atoms. The van der Waals surface area contributed by atoms with Gasteiger partial charge < -0.3 is 5.32 Å². The SMILES string of the molecule is [B]C(/C=C\C=C\C)=C(C)\C=C/C(=C)C1=C(NC)c2ccccc2C1=O. The van der Waals surface area contributed by atoms with Gasteiger partial charge in [-0.1, -0.05) is 78.3 Å². The summed E-state index contributed by atoms with van der Waals surface area (Å²) < 4.78 is 0. The van der Waals surface area contributed by atoms with E-state index in [-0.39, 0.29) is 5.78 Å². The maximum Gasteiger partial charge on any atom is 0.196 e. The van der Waals surface area contributed by atoms with Crippen LogP contribution in [0.3, 0.4) is 0 Å². The summed E-state index contributed by atoms with van der Waals surface area (Å²) in [5.74, 6) is -0.00261. The van der Waals surface area contributed by atoms with E-state index >= 15 is 0 Å². The lowest BCUT2D eigenvalue weighted by molar-refractivity contribution is 0.104. The average molecular weight is 327 g/mol. The van der Waals surface area contributed by atoms with E-state index in [1.165, 1.54) is 0 Å².